The first-order valence-electron chi connectivity index (χ1n) is 9.66. The van der Waals surface area contributed by atoms with Crippen LogP contribution in [0.15, 0.2) is 48.5 Å². The summed E-state index contributed by atoms with van der Waals surface area (Å²) in [5, 5.41) is 3.06. The Labute approximate surface area is 167 Å². The highest BCUT2D eigenvalue weighted by Crippen LogP contribution is 2.30. The van der Waals surface area contributed by atoms with Crippen LogP contribution in [0.1, 0.15) is 6.92 Å². The Hall–Kier alpha value is -2.57. The van der Waals surface area contributed by atoms with Gasteiger partial charge in [-0.15, -0.1) is 0 Å². The number of carbonyl (C=O) groups excluding carboxylic acids is 1. The van der Waals surface area contributed by atoms with E-state index in [1.807, 2.05) is 55.6 Å². The quantitative estimate of drug-likeness (QED) is 0.829. The highest BCUT2D eigenvalue weighted by Gasteiger charge is 2.20. The summed E-state index contributed by atoms with van der Waals surface area (Å²) in [6, 6.07) is 15.8. The maximum Gasteiger partial charge on any atom is 0.321 e. The number of ether oxygens (including phenoxy) is 2. The number of carbonyl (C=O) groups is 1. The van der Waals surface area contributed by atoms with Gasteiger partial charge in [-0.1, -0.05) is 30.3 Å². The standard InChI is InChI=1S/C22H29N3O3/c1-17(25-11-13-28-14-12-25)16-24(2)22(26)23-21-10-5-4-9-20(21)18-7-6-8-19(15-18)27-3/h4-10,15,17H,11-14,16H2,1-3H3,(H,23,26). The minimum Gasteiger partial charge on any atom is -0.497 e. The Morgan fingerprint density at radius 3 is 2.71 bits per heavy atom. The Balaban J connectivity index is 1.68. The van der Waals surface area contributed by atoms with Crippen molar-refractivity contribution >= 4 is 11.7 Å². The Kier molecular flexibility index (Phi) is 6.90. The molecule has 1 unspecified atom stereocenters. The molecule has 6 nitrogen and oxygen atoms in total. The first kappa shape index (κ1) is 20.2. The summed E-state index contributed by atoms with van der Waals surface area (Å²) >= 11 is 0. The van der Waals surface area contributed by atoms with E-state index in [1.165, 1.54) is 0 Å². The number of hydrogen-bond acceptors (Lipinski definition) is 4. The lowest BCUT2D eigenvalue weighted by Gasteiger charge is -2.34. The first-order chi connectivity index (χ1) is 13.6. The van der Waals surface area contributed by atoms with E-state index in [2.05, 4.69) is 17.1 Å². The van der Waals surface area contributed by atoms with E-state index in [9.17, 15) is 4.79 Å². The summed E-state index contributed by atoms with van der Waals surface area (Å²) in [6.07, 6.45) is 0. The molecule has 0 aromatic heterocycles. The van der Waals surface area contributed by atoms with E-state index >= 15 is 0 Å². The smallest absolute Gasteiger partial charge is 0.321 e. The summed E-state index contributed by atoms with van der Waals surface area (Å²) in [7, 11) is 3.48. The van der Waals surface area contributed by atoms with Gasteiger partial charge in [0.15, 0.2) is 0 Å². The Bertz CT molecular complexity index is 790. The van der Waals surface area contributed by atoms with Crippen molar-refractivity contribution in [2.75, 3.05) is 52.3 Å². The van der Waals surface area contributed by atoms with Gasteiger partial charge >= 0.3 is 6.03 Å². The number of morpholine rings is 1. The Morgan fingerprint density at radius 2 is 1.96 bits per heavy atom. The molecule has 1 fully saturated rings. The van der Waals surface area contributed by atoms with Crippen LogP contribution in [-0.2, 0) is 4.74 Å². The number of urea groups is 1. The van der Waals surface area contributed by atoms with Gasteiger partial charge in [0, 0.05) is 38.3 Å². The van der Waals surface area contributed by atoms with Crippen molar-refractivity contribution in [1.29, 1.82) is 0 Å². The minimum absolute atomic E-state index is 0.115. The van der Waals surface area contributed by atoms with Crippen LogP contribution >= 0.6 is 0 Å². The maximum absolute atomic E-state index is 12.8. The van der Waals surface area contributed by atoms with Gasteiger partial charge in [0.2, 0.25) is 0 Å². The molecule has 2 amide bonds. The molecule has 2 aromatic carbocycles. The lowest BCUT2D eigenvalue weighted by atomic mass is 10.0. The average Bonchev–Trinajstić information content (AvgIpc) is 2.74. The summed E-state index contributed by atoms with van der Waals surface area (Å²) in [6.45, 7) is 6.15. The van der Waals surface area contributed by atoms with Crippen molar-refractivity contribution in [3.63, 3.8) is 0 Å². The highest BCUT2D eigenvalue weighted by atomic mass is 16.5. The molecule has 1 saturated heterocycles. The summed E-state index contributed by atoms with van der Waals surface area (Å²) < 4.78 is 10.7. The highest BCUT2D eigenvalue weighted by molar-refractivity contribution is 5.94. The van der Waals surface area contributed by atoms with Crippen LogP contribution in [0, 0.1) is 0 Å². The van der Waals surface area contributed by atoms with Gasteiger partial charge in [-0.3, -0.25) is 4.90 Å². The third kappa shape index (κ3) is 5.03. The molecule has 6 heteroatoms. The fourth-order valence-corrected chi connectivity index (χ4v) is 3.46. The van der Waals surface area contributed by atoms with E-state index in [-0.39, 0.29) is 12.1 Å². The van der Waals surface area contributed by atoms with Crippen LogP contribution in [0.5, 0.6) is 5.75 Å². The average molecular weight is 383 g/mol. The molecular weight excluding hydrogens is 354 g/mol. The van der Waals surface area contributed by atoms with Gasteiger partial charge in [0.25, 0.3) is 0 Å². The first-order valence-corrected chi connectivity index (χ1v) is 9.66. The molecule has 28 heavy (non-hydrogen) atoms. The van der Waals surface area contributed by atoms with E-state index in [0.717, 1.165) is 48.9 Å². The van der Waals surface area contributed by atoms with E-state index < -0.39 is 0 Å². The van der Waals surface area contributed by atoms with Gasteiger partial charge < -0.3 is 19.7 Å². The van der Waals surface area contributed by atoms with Gasteiger partial charge in [0.05, 0.1) is 26.0 Å². The number of nitrogens with one attached hydrogen (secondary N) is 1. The largest absolute Gasteiger partial charge is 0.497 e. The van der Waals surface area contributed by atoms with E-state index in [4.69, 9.17) is 9.47 Å². The molecule has 0 aliphatic carbocycles. The molecule has 0 radical (unpaired) electrons. The molecule has 1 atom stereocenters. The monoisotopic (exact) mass is 383 g/mol. The second-order valence-electron chi connectivity index (χ2n) is 7.09. The summed E-state index contributed by atoms with van der Waals surface area (Å²) in [4.78, 5) is 16.9. The topological polar surface area (TPSA) is 54.0 Å². The lowest BCUT2D eigenvalue weighted by molar-refractivity contribution is 0.0164. The van der Waals surface area contributed by atoms with Crippen molar-refractivity contribution in [3.8, 4) is 16.9 Å². The molecule has 150 valence electrons. The molecule has 0 bridgehead atoms. The third-order valence-electron chi connectivity index (χ3n) is 5.10. The van der Waals surface area contributed by atoms with Crippen LogP contribution < -0.4 is 10.1 Å². The van der Waals surface area contributed by atoms with Crippen LogP contribution in [0.3, 0.4) is 0 Å². The number of likely N-dealkylation sites (N-methyl/N-ethyl adjacent to an activating group) is 1. The molecule has 0 spiro atoms. The number of nitrogens with zero attached hydrogens (tertiary/aromatic N) is 2. The number of anilines is 1. The number of amides is 2. The number of hydrogen-bond donors (Lipinski definition) is 1. The zero-order chi connectivity index (χ0) is 19.9. The zero-order valence-electron chi connectivity index (χ0n) is 16.9. The van der Waals surface area contributed by atoms with Gasteiger partial charge in [-0.2, -0.15) is 0 Å². The van der Waals surface area contributed by atoms with Crippen molar-refractivity contribution in [1.82, 2.24) is 9.80 Å². The molecule has 1 N–H and O–H groups in total. The minimum atomic E-state index is -0.115. The van der Waals surface area contributed by atoms with Crippen molar-refractivity contribution in [3.05, 3.63) is 48.5 Å². The predicted octanol–water partition coefficient (Wildman–Crippen LogP) is 3.55. The molecule has 1 heterocycles. The molecule has 2 aromatic rings. The third-order valence-corrected chi connectivity index (χ3v) is 5.10. The summed E-state index contributed by atoms with van der Waals surface area (Å²) in [5.41, 5.74) is 2.75. The second kappa shape index (κ2) is 9.57. The normalized spacial score (nSPS) is 15.7. The molecular formula is C22H29N3O3. The molecule has 0 saturated carbocycles. The molecule has 3 rings (SSSR count). The SMILES string of the molecule is COc1cccc(-c2ccccc2NC(=O)N(C)CC(C)N2CCOCC2)c1. The van der Waals surface area contributed by atoms with Crippen LogP contribution in [0.25, 0.3) is 11.1 Å². The van der Waals surface area contributed by atoms with Gasteiger partial charge in [0.1, 0.15) is 5.75 Å². The van der Waals surface area contributed by atoms with E-state index in [1.54, 1.807) is 12.0 Å². The number of para-hydroxylation sites is 1. The predicted molar refractivity (Wildman–Crippen MR) is 112 cm³/mol. The fraction of sp³-hybridized carbons (Fsp3) is 0.409. The van der Waals surface area contributed by atoms with Crippen molar-refractivity contribution in [2.45, 2.75) is 13.0 Å². The van der Waals surface area contributed by atoms with Gasteiger partial charge in [-0.25, -0.2) is 4.79 Å². The van der Waals surface area contributed by atoms with Crippen LogP contribution in [0.2, 0.25) is 0 Å². The molecule has 1 aliphatic heterocycles. The Morgan fingerprint density at radius 1 is 1.21 bits per heavy atom. The van der Waals surface area contributed by atoms with E-state index in [0.29, 0.717) is 6.54 Å². The van der Waals surface area contributed by atoms with Crippen LogP contribution in [0.4, 0.5) is 10.5 Å². The second-order valence-corrected chi connectivity index (χ2v) is 7.09. The number of benzene rings is 2. The van der Waals surface area contributed by atoms with Gasteiger partial charge in [-0.05, 0) is 30.7 Å². The fourth-order valence-electron chi connectivity index (χ4n) is 3.46. The molecule has 1 aliphatic rings. The zero-order valence-corrected chi connectivity index (χ0v) is 16.9. The van der Waals surface area contributed by atoms with Crippen molar-refractivity contribution < 1.29 is 14.3 Å². The van der Waals surface area contributed by atoms with Crippen LogP contribution in [-0.4, -0.2) is 68.9 Å². The lowest BCUT2D eigenvalue weighted by Crippen LogP contribution is -2.48. The maximum atomic E-state index is 12.8. The number of methoxy groups -OCH3 is 1. The number of rotatable bonds is 6. The van der Waals surface area contributed by atoms with Crippen molar-refractivity contribution in [2.24, 2.45) is 0 Å². The summed E-state index contributed by atoms with van der Waals surface area (Å²) in [5.74, 6) is 0.787.